The molecule has 0 spiro atoms. The molecule has 1 fully saturated rings. The molecule has 1 aliphatic heterocycles. The van der Waals surface area contributed by atoms with E-state index in [9.17, 15) is 13.2 Å². The Balaban J connectivity index is 1.29. The molecule has 1 saturated heterocycles. The number of fused-ring (bicyclic) bond motifs is 1. The van der Waals surface area contributed by atoms with Crippen LogP contribution in [0.15, 0.2) is 47.4 Å². The van der Waals surface area contributed by atoms with Crippen LogP contribution in [-0.4, -0.2) is 53.6 Å². The zero-order chi connectivity index (χ0) is 26.3. The van der Waals surface area contributed by atoms with Gasteiger partial charge in [0.1, 0.15) is 11.6 Å². The van der Waals surface area contributed by atoms with Crippen LogP contribution in [0.5, 0.6) is 5.75 Å². The van der Waals surface area contributed by atoms with E-state index in [4.69, 9.17) is 9.72 Å². The van der Waals surface area contributed by atoms with Gasteiger partial charge in [-0.25, -0.2) is 13.4 Å². The van der Waals surface area contributed by atoms with Gasteiger partial charge in [0, 0.05) is 25.1 Å². The van der Waals surface area contributed by atoms with E-state index in [1.54, 1.807) is 28.9 Å². The summed E-state index contributed by atoms with van der Waals surface area (Å²) >= 11 is 1.53. The molecule has 1 N–H and O–H groups in total. The quantitative estimate of drug-likeness (QED) is 0.388. The number of carbonyl (C=O) groups is 1. The smallest absolute Gasteiger partial charge is 0.243 e. The Bertz CT molecular complexity index is 1570. The normalized spacial score (nSPS) is 15.2. The van der Waals surface area contributed by atoms with Gasteiger partial charge in [0.15, 0.2) is 0 Å². The van der Waals surface area contributed by atoms with E-state index < -0.39 is 10.0 Å². The predicted octanol–water partition coefficient (Wildman–Crippen LogP) is 4.46. The lowest BCUT2D eigenvalue weighted by molar-refractivity contribution is -0.120. The van der Waals surface area contributed by atoms with Crippen LogP contribution >= 0.6 is 11.3 Å². The third-order valence-electron chi connectivity index (χ3n) is 6.60. The van der Waals surface area contributed by atoms with Gasteiger partial charge < -0.3 is 10.1 Å². The van der Waals surface area contributed by atoms with Crippen molar-refractivity contribution < 1.29 is 17.9 Å². The van der Waals surface area contributed by atoms with Crippen molar-refractivity contribution in [2.24, 2.45) is 5.92 Å². The molecule has 2 aromatic heterocycles. The molecule has 194 valence electrons. The van der Waals surface area contributed by atoms with Crippen LogP contribution in [-0.2, 0) is 14.8 Å². The first-order valence-corrected chi connectivity index (χ1v) is 14.3. The summed E-state index contributed by atoms with van der Waals surface area (Å²) in [5.41, 5.74) is 3.97. The molecule has 0 bridgehead atoms. The van der Waals surface area contributed by atoms with E-state index in [1.807, 2.05) is 19.9 Å². The Morgan fingerprint density at radius 3 is 2.46 bits per heavy atom. The van der Waals surface area contributed by atoms with Crippen LogP contribution in [0, 0.1) is 26.7 Å². The van der Waals surface area contributed by atoms with E-state index in [0.717, 1.165) is 21.5 Å². The van der Waals surface area contributed by atoms with Gasteiger partial charge in [0.25, 0.3) is 0 Å². The standard InChI is InChI=1S/C26H29N5O4S2/c1-16-13-17(2)24-22(14-16)36-26(28-24)31-23(15-18(3)29-31)27-25(32)19-9-11-30(12-10-19)37(33,34)21-7-5-20(35-4)6-8-21/h5-8,13-15,19H,9-12H2,1-4H3,(H,27,32). The van der Waals surface area contributed by atoms with Crippen LogP contribution in [0.25, 0.3) is 15.3 Å². The van der Waals surface area contributed by atoms with Crippen molar-refractivity contribution in [3.8, 4) is 10.9 Å². The Kier molecular flexibility index (Phi) is 6.78. The van der Waals surface area contributed by atoms with Crippen molar-refractivity contribution in [2.75, 3.05) is 25.5 Å². The molecule has 0 saturated carbocycles. The SMILES string of the molecule is COc1ccc(S(=O)(=O)N2CCC(C(=O)Nc3cc(C)nn3-c3nc4c(C)cc(C)cc4s3)CC2)cc1. The molecule has 11 heteroatoms. The van der Waals surface area contributed by atoms with Crippen LogP contribution < -0.4 is 10.1 Å². The second-order valence-electron chi connectivity index (χ2n) is 9.35. The second-order valence-corrected chi connectivity index (χ2v) is 12.3. The zero-order valence-corrected chi connectivity index (χ0v) is 22.8. The van der Waals surface area contributed by atoms with Crippen molar-refractivity contribution in [3.05, 3.63) is 59.3 Å². The number of hydrogen-bond donors (Lipinski definition) is 1. The third kappa shape index (κ3) is 4.98. The maximum atomic E-state index is 13.2. The number of aromatic nitrogens is 3. The molecule has 5 rings (SSSR count). The van der Waals surface area contributed by atoms with Crippen molar-refractivity contribution in [2.45, 2.75) is 38.5 Å². The van der Waals surface area contributed by atoms with Crippen molar-refractivity contribution >= 4 is 43.3 Å². The highest BCUT2D eigenvalue weighted by atomic mass is 32.2. The van der Waals surface area contributed by atoms with Gasteiger partial charge in [-0.1, -0.05) is 17.4 Å². The van der Waals surface area contributed by atoms with E-state index in [-0.39, 0.29) is 29.8 Å². The van der Waals surface area contributed by atoms with Gasteiger partial charge in [-0.05, 0) is 75.1 Å². The average Bonchev–Trinajstić information content (AvgIpc) is 3.47. The number of ether oxygens (including phenoxy) is 1. The van der Waals surface area contributed by atoms with Gasteiger partial charge >= 0.3 is 0 Å². The number of rotatable bonds is 6. The first-order chi connectivity index (χ1) is 17.7. The molecular formula is C26H29N5O4S2. The highest BCUT2D eigenvalue weighted by Crippen LogP contribution is 2.31. The van der Waals surface area contributed by atoms with Crippen LogP contribution in [0.1, 0.15) is 29.7 Å². The van der Waals surface area contributed by atoms with Crippen LogP contribution in [0.2, 0.25) is 0 Å². The number of methoxy groups -OCH3 is 1. The van der Waals surface area contributed by atoms with Crippen molar-refractivity contribution in [1.29, 1.82) is 0 Å². The molecule has 2 aromatic carbocycles. The predicted molar refractivity (Wildman–Crippen MR) is 144 cm³/mol. The topological polar surface area (TPSA) is 106 Å². The Morgan fingerprint density at radius 1 is 1.08 bits per heavy atom. The van der Waals surface area contributed by atoms with E-state index in [2.05, 4.69) is 29.5 Å². The zero-order valence-electron chi connectivity index (χ0n) is 21.2. The number of carbonyl (C=O) groups excluding carboxylic acids is 1. The summed E-state index contributed by atoms with van der Waals surface area (Å²) in [6, 6.07) is 12.4. The molecule has 0 radical (unpaired) electrons. The average molecular weight is 540 g/mol. The Labute approximate surface area is 220 Å². The lowest BCUT2D eigenvalue weighted by Gasteiger charge is -2.30. The largest absolute Gasteiger partial charge is 0.497 e. The molecular weight excluding hydrogens is 510 g/mol. The third-order valence-corrected chi connectivity index (χ3v) is 9.50. The monoisotopic (exact) mass is 539 g/mol. The summed E-state index contributed by atoms with van der Waals surface area (Å²) in [6.07, 6.45) is 0.877. The van der Waals surface area contributed by atoms with E-state index in [1.165, 1.54) is 28.3 Å². The van der Waals surface area contributed by atoms with Gasteiger partial charge in [-0.2, -0.15) is 14.1 Å². The number of hydrogen-bond acceptors (Lipinski definition) is 7. The lowest BCUT2D eigenvalue weighted by Crippen LogP contribution is -2.41. The number of nitrogens with zero attached hydrogens (tertiary/aromatic N) is 4. The van der Waals surface area contributed by atoms with Gasteiger partial charge in [0.2, 0.25) is 21.1 Å². The minimum Gasteiger partial charge on any atom is -0.497 e. The maximum absolute atomic E-state index is 13.2. The Morgan fingerprint density at radius 2 is 1.78 bits per heavy atom. The summed E-state index contributed by atoms with van der Waals surface area (Å²) in [7, 11) is -2.09. The Hall–Kier alpha value is -3.28. The van der Waals surface area contributed by atoms with Gasteiger partial charge in [-0.15, -0.1) is 0 Å². The molecule has 0 aliphatic carbocycles. The highest BCUT2D eigenvalue weighted by Gasteiger charge is 2.32. The minimum absolute atomic E-state index is 0.143. The number of nitrogens with one attached hydrogen (secondary N) is 1. The molecule has 0 unspecified atom stereocenters. The first-order valence-electron chi connectivity index (χ1n) is 12.1. The van der Waals surface area contributed by atoms with Crippen LogP contribution in [0.4, 0.5) is 5.82 Å². The van der Waals surface area contributed by atoms with Crippen LogP contribution in [0.3, 0.4) is 0 Å². The first kappa shape index (κ1) is 25.4. The molecule has 4 aromatic rings. The fourth-order valence-electron chi connectivity index (χ4n) is 4.67. The lowest BCUT2D eigenvalue weighted by atomic mass is 9.97. The summed E-state index contributed by atoms with van der Waals surface area (Å²) in [5, 5.41) is 8.27. The second kappa shape index (κ2) is 9.88. The van der Waals surface area contributed by atoms with E-state index in [0.29, 0.717) is 29.5 Å². The number of amides is 1. The fraction of sp³-hybridized carbons (Fsp3) is 0.346. The number of thiazole rings is 1. The van der Waals surface area contributed by atoms with Gasteiger partial charge in [-0.3, -0.25) is 4.79 Å². The van der Waals surface area contributed by atoms with Gasteiger partial charge in [0.05, 0.1) is 27.9 Å². The summed E-state index contributed by atoms with van der Waals surface area (Å²) < 4.78 is 35.4. The molecule has 37 heavy (non-hydrogen) atoms. The highest BCUT2D eigenvalue weighted by molar-refractivity contribution is 7.89. The number of sulfonamides is 1. The molecule has 9 nitrogen and oxygen atoms in total. The molecule has 1 aliphatic rings. The van der Waals surface area contributed by atoms with Crippen molar-refractivity contribution in [3.63, 3.8) is 0 Å². The number of aryl methyl sites for hydroxylation is 3. The number of anilines is 1. The molecule has 0 atom stereocenters. The summed E-state index contributed by atoms with van der Waals surface area (Å²) in [5.74, 6) is 0.714. The summed E-state index contributed by atoms with van der Waals surface area (Å²) in [6.45, 7) is 6.53. The number of benzene rings is 2. The summed E-state index contributed by atoms with van der Waals surface area (Å²) in [4.78, 5) is 18.2. The molecule has 3 heterocycles. The fourth-order valence-corrected chi connectivity index (χ4v) is 7.24. The minimum atomic E-state index is -3.63. The van der Waals surface area contributed by atoms with E-state index >= 15 is 0 Å². The van der Waals surface area contributed by atoms with Crippen molar-refractivity contribution in [1.82, 2.24) is 19.1 Å². The maximum Gasteiger partial charge on any atom is 0.243 e. The number of piperidine rings is 1. The molecule has 1 amide bonds.